The van der Waals surface area contributed by atoms with Crippen LogP contribution in [0.1, 0.15) is 44.7 Å². The van der Waals surface area contributed by atoms with Crippen molar-refractivity contribution in [1.82, 2.24) is 25.2 Å². The van der Waals surface area contributed by atoms with Gasteiger partial charge in [0.15, 0.2) is 5.96 Å². The van der Waals surface area contributed by atoms with Gasteiger partial charge in [0.05, 0.1) is 23.8 Å². The zero-order chi connectivity index (χ0) is 20.1. The van der Waals surface area contributed by atoms with Crippen LogP contribution < -0.4 is 10.6 Å². The molecule has 0 amide bonds. The van der Waals surface area contributed by atoms with Crippen molar-refractivity contribution in [3.05, 3.63) is 47.9 Å². The SMILES string of the molecule is CN=C(NCCCn1c(C)nc2ccccc21)NCc1ncc(C(C)(C)C)o1. The molecule has 0 fully saturated rings. The molecule has 0 aliphatic carbocycles. The number of aryl methyl sites for hydroxylation is 2. The third-order valence-electron chi connectivity index (χ3n) is 4.62. The van der Waals surface area contributed by atoms with E-state index in [0.29, 0.717) is 12.4 Å². The third kappa shape index (κ3) is 4.71. The number of aliphatic imine (C=N–C) groups is 1. The molecule has 2 heterocycles. The van der Waals surface area contributed by atoms with Crippen molar-refractivity contribution in [1.29, 1.82) is 0 Å². The van der Waals surface area contributed by atoms with Crippen molar-refractivity contribution < 1.29 is 4.42 Å². The molecular formula is C21H30N6O. The van der Waals surface area contributed by atoms with Gasteiger partial charge in [-0.2, -0.15) is 0 Å². The molecule has 3 rings (SSSR count). The van der Waals surface area contributed by atoms with Crippen LogP contribution in [0.2, 0.25) is 0 Å². The number of hydrogen-bond donors (Lipinski definition) is 2. The largest absolute Gasteiger partial charge is 0.443 e. The molecule has 150 valence electrons. The first-order chi connectivity index (χ1) is 13.4. The lowest BCUT2D eigenvalue weighted by molar-refractivity contribution is 0.379. The molecule has 0 radical (unpaired) electrons. The number of guanidine groups is 1. The first-order valence-electron chi connectivity index (χ1n) is 9.70. The van der Waals surface area contributed by atoms with Gasteiger partial charge in [-0.3, -0.25) is 4.99 Å². The van der Waals surface area contributed by atoms with E-state index in [1.807, 2.05) is 6.07 Å². The Labute approximate surface area is 166 Å². The third-order valence-corrected chi connectivity index (χ3v) is 4.62. The van der Waals surface area contributed by atoms with Gasteiger partial charge in [0.2, 0.25) is 5.89 Å². The molecule has 7 nitrogen and oxygen atoms in total. The number of imidazole rings is 1. The summed E-state index contributed by atoms with van der Waals surface area (Å²) < 4.78 is 8.06. The van der Waals surface area contributed by atoms with Crippen LogP contribution in [0.5, 0.6) is 0 Å². The smallest absolute Gasteiger partial charge is 0.213 e. The summed E-state index contributed by atoms with van der Waals surface area (Å²) in [5, 5.41) is 6.59. The van der Waals surface area contributed by atoms with E-state index in [1.54, 1.807) is 13.2 Å². The minimum Gasteiger partial charge on any atom is -0.443 e. The molecule has 0 aliphatic rings. The van der Waals surface area contributed by atoms with Gasteiger partial charge in [0.1, 0.15) is 11.6 Å². The Hall–Kier alpha value is -2.83. The molecule has 3 aromatic rings. The fourth-order valence-electron chi connectivity index (χ4n) is 3.04. The molecular weight excluding hydrogens is 352 g/mol. The number of aromatic nitrogens is 3. The van der Waals surface area contributed by atoms with Gasteiger partial charge in [0, 0.05) is 25.6 Å². The summed E-state index contributed by atoms with van der Waals surface area (Å²) in [5.74, 6) is 3.33. The van der Waals surface area contributed by atoms with E-state index in [4.69, 9.17) is 4.42 Å². The Morgan fingerprint density at radius 2 is 2.00 bits per heavy atom. The average Bonchev–Trinajstić information content (AvgIpc) is 3.25. The van der Waals surface area contributed by atoms with Crippen molar-refractivity contribution >= 4 is 17.0 Å². The summed E-state index contributed by atoms with van der Waals surface area (Å²) in [6.07, 6.45) is 2.76. The van der Waals surface area contributed by atoms with Crippen LogP contribution in [0.25, 0.3) is 11.0 Å². The van der Waals surface area contributed by atoms with E-state index in [0.717, 1.165) is 42.6 Å². The summed E-state index contributed by atoms with van der Waals surface area (Å²) in [5.41, 5.74) is 2.19. The molecule has 0 unspecified atom stereocenters. The Balaban J connectivity index is 1.47. The summed E-state index contributed by atoms with van der Waals surface area (Å²) >= 11 is 0. The van der Waals surface area contributed by atoms with E-state index in [2.05, 4.69) is 76.1 Å². The van der Waals surface area contributed by atoms with Crippen molar-refractivity contribution in [3.8, 4) is 0 Å². The normalized spacial score (nSPS) is 12.5. The van der Waals surface area contributed by atoms with Crippen molar-refractivity contribution in [2.24, 2.45) is 4.99 Å². The van der Waals surface area contributed by atoms with Gasteiger partial charge in [0.25, 0.3) is 0 Å². The van der Waals surface area contributed by atoms with Gasteiger partial charge in [-0.05, 0) is 25.5 Å². The highest BCUT2D eigenvalue weighted by molar-refractivity contribution is 5.79. The molecule has 0 bridgehead atoms. The number of nitrogens with zero attached hydrogens (tertiary/aromatic N) is 4. The summed E-state index contributed by atoms with van der Waals surface area (Å²) in [6.45, 7) is 10.6. The molecule has 2 N–H and O–H groups in total. The second kappa shape index (κ2) is 8.46. The molecule has 28 heavy (non-hydrogen) atoms. The highest BCUT2D eigenvalue weighted by atomic mass is 16.4. The van der Waals surface area contributed by atoms with E-state index < -0.39 is 0 Å². The van der Waals surface area contributed by atoms with Crippen molar-refractivity contribution in [3.63, 3.8) is 0 Å². The summed E-state index contributed by atoms with van der Waals surface area (Å²) in [4.78, 5) is 13.2. The Bertz CT molecular complexity index is 947. The molecule has 0 atom stereocenters. The van der Waals surface area contributed by atoms with Crippen LogP contribution in [0.4, 0.5) is 0 Å². The molecule has 7 heteroatoms. The fraction of sp³-hybridized carbons (Fsp3) is 0.476. The summed E-state index contributed by atoms with van der Waals surface area (Å²) in [7, 11) is 1.76. The van der Waals surface area contributed by atoms with Crippen LogP contribution in [-0.2, 0) is 18.5 Å². The van der Waals surface area contributed by atoms with Gasteiger partial charge in [-0.15, -0.1) is 0 Å². The van der Waals surface area contributed by atoms with E-state index in [9.17, 15) is 0 Å². The number of hydrogen-bond acceptors (Lipinski definition) is 4. The van der Waals surface area contributed by atoms with E-state index in [1.165, 1.54) is 5.52 Å². The van der Waals surface area contributed by atoms with Crippen LogP contribution in [0.15, 0.2) is 39.9 Å². The second-order valence-corrected chi connectivity index (χ2v) is 7.87. The number of nitrogens with one attached hydrogen (secondary N) is 2. The van der Waals surface area contributed by atoms with Crippen LogP contribution in [0.3, 0.4) is 0 Å². The maximum absolute atomic E-state index is 5.80. The van der Waals surface area contributed by atoms with Gasteiger partial charge in [-0.1, -0.05) is 32.9 Å². The zero-order valence-electron chi connectivity index (χ0n) is 17.4. The summed E-state index contributed by atoms with van der Waals surface area (Å²) in [6, 6.07) is 8.24. The molecule has 2 aromatic heterocycles. The van der Waals surface area contributed by atoms with Gasteiger partial charge in [-0.25, -0.2) is 9.97 Å². The number of fused-ring (bicyclic) bond motifs is 1. The fourth-order valence-corrected chi connectivity index (χ4v) is 3.04. The predicted molar refractivity (Wildman–Crippen MR) is 112 cm³/mol. The minimum atomic E-state index is -0.0409. The predicted octanol–water partition coefficient (Wildman–Crippen LogP) is 3.39. The van der Waals surface area contributed by atoms with E-state index in [-0.39, 0.29) is 5.41 Å². The topological polar surface area (TPSA) is 80.3 Å². The highest BCUT2D eigenvalue weighted by Gasteiger charge is 2.19. The van der Waals surface area contributed by atoms with Gasteiger partial charge >= 0.3 is 0 Å². The number of oxazole rings is 1. The van der Waals surface area contributed by atoms with Crippen LogP contribution in [-0.4, -0.2) is 34.1 Å². The lowest BCUT2D eigenvalue weighted by atomic mass is 9.94. The van der Waals surface area contributed by atoms with Crippen molar-refractivity contribution in [2.45, 2.75) is 52.6 Å². The molecule has 0 spiro atoms. The maximum atomic E-state index is 5.80. The average molecular weight is 383 g/mol. The number of benzene rings is 1. The van der Waals surface area contributed by atoms with Crippen LogP contribution in [0, 0.1) is 6.92 Å². The monoisotopic (exact) mass is 382 g/mol. The second-order valence-electron chi connectivity index (χ2n) is 7.87. The van der Waals surface area contributed by atoms with Crippen LogP contribution >= 0.6 is 0 Å². The number of para-hydroxylation sites is 2. The first kappa shape index (κ1) is 19.9. The first-order valence-corrected chi connectivity index (χ1v) is 9.70. The Morgan fingerprint density at radius 1 is 1.21 bits per heavy atom. The standard InChI is InChI=1S/C21H30N6O/c1-15-26-16-9-6-7-10-17(16)27(15)12-8-11-23-20(22-5)25-14-19-24-13-18(28-19)21(2,3)4/h6-7,9-10,13H,8,11-12,14H2,1-5H3,(H2,22,23,25). The number of rotatable bonds is 6. The molecule has 0 aliphatic heterocycles. The Kier molecular flexibility index (Phi) is 6.02. The lowest BCUT2D eigenvalue weighted by Crippen LogP contribution is -2.37. The maximum Gasteiger partial charge on any atom is 0.213 e. The molecule has 0 saturated carbocycles. The minimum absolute atomic E-state index is 0.0409. The molecule has 0 saturated heterocycles. The zero-order valence-corrected chi connectivity index (χ0v) is 17.4. The molecule has 1 aromatic carbocycles. The highest BCUT2D eigenvalue weighted by Crippen LogP contribution is 2.22. The lowest BCUT2D eigenvalue weighted by Gasteiger charge is -2.13. The van der Waals surface area contributed by atoms with Gasteiger partial charge < -0.3 is 19.6 Å². The Morgan fingerprint density at radius 3 is 2.71 bits per heavy atom. The van der Waals surface area contributed by atoms with Crippen molar-refractivity contribution in [2.75, 3.05) is 13.6 Å². The van der Waals surface area contributed by atoms with E-state index >= 15 is 0 Å². The quantitative estimate of drug-likeness (QED) is 0.388.